The quantitative estimate of drug-likeness (QED) is 0.335. The van der Waals surface area contributed by atoms with Crippen LogP contribution in [0, 0.1) is 0 Å². The number of carbonyl (C=O) groups is 2. The van der Waals surface area contributed by atoms with E-state index >= 15 is 0 Å². The number of fused-ring (bicyclic) bond motifs is 1. The van der Waals surface area contributed by atoms with Crippen molar-refractivity contribution in [1.82, 2.24) is 20.3 Å². The highest BCUT2D eigenvalue weighted by atomic mass is 16.5. The molecule has 10 nitrogen and oxygen atoms in total. The van der Waals surface area contributed by atoms with E-state index in [4.69, 9.17) is 14.2 Å². The molecule has 5 rings (SSSR count). The zero-order valence-corrected chi connectivity index (χ0v) is 21.9. The molecule has 0 unspecified atom stereocenters. The lowest BCUT2D eigenvalue weighted by Gasteiger charge is -2.32. The minimum absolute atomic E-state index is 0.0585. The van der Waals surface area contributed by atoms with Crippen LogP contribution in [0.4, 0.5) is 5.69 Å². The first-order valence-electron chi connectivity index (χ1n) is 12.9. The lowest BCUT2D eigenvalue weighted by atomic mass is 10.0. The SMILES string of the molecule is COc1cccc([C@@H](C(=O)NC[C@H]2CCCO2)N(C(=O)Cn2nnc3ccccc32)c2ccccc2OC)c1. The molecule has 10 heteroatoms. The third-order valence-corrected chi connectivity index (χ3v) is 6.76. The summed E-state index contributed by atoms with van der Waals surface area (Å²) in [5.41, 5.74) is 2.43. The lowest BCUT2D eigenvalue weighted by Crippen LogP contribution is -2.46. The number of methoxy groups -OCH3 is 2. The van der Waals surface area contributed by atoms with E-state index in [0.29, 0.717) is 46.9 Å². The van der Waals surface area contributed by atoms with E-state index in [0.717, 1.165) is 12.8 Å². The van der Waals surface area contributed by atoms with Crippen LogP contribution in [0.15, 0.2) is 72.8 Å². The van der Waals surface area contributed by atoms with Crippen molar-refractivity contribution in [3.8, 4) is 11.5 Å². The summed E-state index contributed by atoms with van der Waals surface area (Å²) in [6.45, 7) is 0.885. The Kier molecular flexibility index (Phi) is 8.02. The summed E-state index contributed by atoms with van der Waals surface area (Å²) < 4.78 is 18.3. The first-order chi connectivity index (χ1) is 19.1. The highest BCUT2D eigenvalue weighted by Crippen LogP contribution is 2.36. The van der Waals surface area contributed by atoms with Crippen molar-refractivity contribution in [2.45, 2.75) is 31.5 Å². The van der Waals surface area contributed by atoms with Crippen LogP contribution >= 0.6 is 0 Å². The number of benzene rings is 3. The molecule has 1 fully saturated rings. The molecule has 0 saturated carbocycles. The van der Waals surface area contributed by atoms with Crippen molar-refractivity contribution in [2.24, 2.45) is 0 Å². The number of para-hydroxylation sites is 3. The first-order valence-corrected chi connectivity index (χ1v) is 12.9. The van der Waals surface area contributed by atoms with Crippen LogP contribution in [0.2, 0.25) is 0 Å². The maximum atomic E-state index is 14.2. The van der Waals surface area contributed by atoms with Gasteiger partial charge in [-0.15, -0.1) is 5.10 Å². The standard InChI is InChI=1S/C29H31N5O5/c1-37-21-10-7-9-20(17-21)28(29(36)30-18-22-11-8-16-39-22)34(25-14-5-6-15-26(25)38-2)27(35)19-33-24-13-4-3-12-23(24)31-32-33/h3-7,9-10,12-15,17,22,28H,8,11,16,18-19H2,1-2H3,(H,30,36)/t22-,28+/m1/s1. The largest absolute Gasteiger partial charge is 0.497 e. The molecule has 0 spiro atoms. The summed E-state index contributed by atoms with van der Waals surface area (Å²) in [5, 5.41) is 11.4. The van der Waals surface area contributed by atoms with Crippen LogP contribution in [0.1, 0.15) is 24.4 Å². The molecule has 1 aliphatic rings. The van der Waals surface area contributed by atoms with Gasteiger partial charge in [0, 0.05) is 13.2 Å². The highest BCUT2D eigenvalue weighted by molar-refractivity contribution is 6.02. The Labute approximate surface area is 226 Å². The fraction of sp³-hybridized carbons (Fsp3) is 0.310. The van der Waals surface area contributed by atoms with Gasteiger partial charge >= 0.3 is 0 Å². The lowest BCUT2D eigenvalue weighted by molar-refractivity contribution is -0.127. The van der Waals surface area contributed by atoms with Gasteiger partial charge in [0.25, 0.3) is 0 Å². The number of nitrogens with zero attached hydrogens (tertiary/aromatic N) is 4. The topological polar surface area (TPSA) is 108 Å². The van der Waals surface area contributed by atoms with Crippen molar-refractivity contribution >= 4 is 28.5 Å². The Morgan fingerprint density at radius 3 is 2.69 bits per heavy atom. The van der Waals surface area contributed by atoms with Crippen LogP contribution < -0.4 is 19.7 Å². The van der Waals surface area contributed by atoms with E-state index < -0.39 is 6.04 Å². The normalized spacial score (nSPS) is 15.6. The van der Waals surface area contributed by atoms with Crippen LogP contribution in [-0.4, -0.2) is 60.3 Å². The minimum Gasteiger partial charge on any atom is -0.497 e. The predicted octanol–water partition coefficient (Wildman–Crippen LogP) is 3.52. The number of aromatic nitrogens is 3. The Bertz CT molecular complexity index is 1450. The number of ether oxygens (including phenoxy) is 3. The fourth-order valence-corrected chi connectivity index (χ4v) is 4.83. The van der Waals surface area contributed by atoms with Gasteiger partial charge in [-0.25, -0.2) is 4.68 Å². The zero-order valence-electron chi connectivity index (χ0n) is 21.9. The minimum atomic E-state index is -1.03. The average molecular weight is 530 g/mol. The third-order valence-electron chi connectivity index (χ3n) is 6.76. The van der Waals surface area contributed by atoms with Crippen LogP contribution in [0.25, 0.3) is 11.0 Å². The molecule has 4 aromatic rings. The zero-order chi connectivity index (χ0) is 27.2. The van der Waals surface area contributed by atoms with Crippen molar-refractivity contribution in [3.05, 3.63) is 78.4 Å². The Morgan fingerprint density at radius 1 is 1.08 bits per heavy atom. The van der Waals surface area contributed by atoms with Gasteiger partial charge in [0.15, 0.2) is 0 Å². The molecule has 2 heterocycles. The van der Waals surface area contributed by atoms with E-state index in [1.165, 1.54) is 16.7 Å². The number of anilines is 1. The molecular formula is C29H31N5O5. The summed E-state index contributed by atoms with van der Waals surface area (Å²) in [4.78, 5) is 29.6. The van der Waals surface area contributed by atoms with E-state index in [1.807, 2.05) is 30.3 Å². The molecule has 1 aromatic heterocycles. The van der Waals surface area contributed by atoms with E-state index in [1.54, 1.807) is 49.6 Å². The van der Waals surface area contributed by atoms with Crippen molar-refractivity contribution in [2.75, 3.05) is 32.3 Å². The molecular weight excluding hydrogens is 498 g/mol. The highest BCUT2D eigenvalue weighted by Gasteiger charge is 2.35. The Balaban J connectivity index is 1.58. The van der Waals surface area contributed by atoms with Gasteiger partial charge in [-0.1, -0.05) is 41.6 Å². The second-order valence-corrected chi connectivity index (χ2v) is 9.23. The summed E-state index contributed by atoms with van der Waals surface area (Å²) in [6.07, 6.45) is 1.77. The average Bonchev–Trinajstić information content (AvgIpc) is 3.65. The summed E-state index contributed by atoms with van der Waals surface area (Å²) >= 11 is 0. The van der Waals surface area contributed by atoms with Crippen molar-refractivity contribution in [1.29, 1.82) is 0 Å². The van der Waals surface area contributed by atoms with Gasteiger partial charge in [0.2, 0.25) is 11.8 Å². The maximum absolute atomic E-state index is 14.2. The maximum Gasteiger partial charge on any atom is 0.249 e. The molecule has 0 radical (unpaired) electrons. The molecule has 3 aromatic carbocycles. The van der Waals surface area contributed by atoms with Gasteiger partial charge in [-0.05, 0) is 54.8 Å². The summed E-state index contributed by atoms with van der Waals surface area (Å²) in [6, 6.07) is 20.7. The molecule has 0 aliphatic carbocycles. The Hall–Kier alpha value is -4.44. The third kappa shape index (κ3) is 5.70. The van der Waals surface area contributed by atoms with Gasteiger partial charge < -0.3 is 19.5 Å². The van der Waals surface area contributed by atoms with Crippen LogP contribution in [-0.2, 0) is 20.9 Å². The van der Waals surface area contributed by atoms with Crippen molar-refractivity contribution in [3.63, 3.8) is 0 Å². The number of rotatable bonds is 10. The monoisotopic (exact) mass is 529 g/mol. The predicted molar refractivity (Wildman–Crippen MR) is 146 cm³/mol. The molecule has 1 saturated heterocycles. The molecule has 202 valence electrons. The summed E-state index contributed by atoms with van der Waals surface area (Å²) in [7, 11) is 3.09. The molecule has 0 bridgehead atoms. The number of nitrogens with one attached hydrogen (secondary N) is 1. The van der Waals surface area contributed by atoms with Gasteiger partial charge in [0.1, 0.15) is 29.6 Å². The van der Waals surface area contributed by atoms with Gasteiger partial charge in [-0.3, -0.25) is 14.5 Å². The van der Waals surface area contributed by atoms with Crippen molar-refractivity contribution < 1.29 is 23.8 Å². The fourth-order valence-electron chi connectivity index (χ4n) is 4.83. The molecule has 1 aliphatic heterocycles. The van der Waals surface area contributed by atoms with Crippen LogP contribution in [0.5, 0.6) is 11.5 Å². The summed E-state index contributed by atoms with van der Waals surface area (Å²) in [5.74, 6) is 0.310. The van der Waals surface area contributed by atoms with Gasteiger partial charge in [0.05, 0.1) is 31.5 Å². The number of hydrogen-bond acceptors (Lipinski definition) is 7. The van der Waals surface area contributed by atoms with E-state index in [-0.39, 0.29) is 24.5 Å². The number of amides is 2. The molecule has 1 N–H and O–H groups in total. The smallest absolute Gasteiger partial charge is 0.249 e. The Morgan fingerprint density at radius 2 is 1.90 bits per heavy atom. The van der Waals surface area contributed by atoms with E-state index in [2.05, 4.69) is 15.6 Å². The number of carbonyl (C=O) groups excluding carboxylic acids is 2. The number of hydrogen-bond donors (Lipinski definition) is 1. The molecule has 2 amide bonds. The van der Waals surface area contributed by atoms with Crippen LogP contribution in [0.3, 0.4) is 0 Å². The second-order valence-electron chi connectivity index (χ2n) is 9.23. The first kappa shape index (κ1) is 26.2. The molecule has 2 atom stereocenters. The molecule has 39 heavy (non-hydrogen) atoms. The van der Waals surface area contributed by atoms with E-state index in [9.17, 15) is 9.59 Å². The second kappa shape index (κ2) is 12.0. The van der Waals surface area contributed by atoms with Gasteiger partial charge in [-0.2, -0.15) is 0 Å².